The second-order valence-corrected chi connectivity index (χ2v) is 6.76. The Kier molecular flexibility index (Phi) is 5.64. The number of nitrogens with one attached hydrogen (secondary N) is 1. The Balaban J connectivity index is 1.64. The fourth-order valence-corrected chi connectivity index (χ4v) is 4.57. The van der Waals surface area contributed by atoms with E-state index in [0.717, 1.165) is 30.4 Å². The summed E-state index contributed by atoms with van der Waals surface area (Å²) >= 11 is 2.15. The van der Waals surface area contributed by atoms with Gasteiger partial charge in [0.05, 0.1) is 6.10 Å². The summed E-state index contributed by atoms with van der Waals surface area (Å²) in [5, 5.41) is 4.41. The Hall–Kier alpha value is 0.270. The van der Waals surface area contributed by atoms with Gasteiger partial charge >= 0.3 is 0 Å². The first-order chi connectivity index (χ1) is 8.31. The van der Waals surface area contributed by atoms with Crippen LogP contribution < -0.4 is 5.32 Å². The molecule has 1 aliphatic heterocycles. The van der Waals surface area contributed by atoms with Crippen molar-refractivity contribution in [2.45, 2.75) is 63.3 Å². The molecule has 1 saturated carbocycles. The van der Waals surface area contributed by atoms with E-state index >= 15 is 0 Å². The summed E-state index contributed by atoms with van der Waals surface area (Å²) in [5.74, 6) is 2.25. The van der Waals surface area contributed by atoms with Crippen molar-refractivity contribution in [2.75, 3.05) is 18.9 Å². The van der Waals surface area contributed by atoms with Gasteiger partial charge in [0.25, 0.3) is 0 Å². The predicted octanol–water partition coefficient (Wildman–Crippen LogP) is 3.07. The molecule has 1 aliphatic carbocycles. The standard InChI is InChI=1S/C14H27NOS/c1-3-15-13-6-4-5-12(13)8-10-17-14-7-9-16-11(14)2/h11-15H,3-10H2,1-2H3. The molecule has 0 spiro atoms. The number of ether oxygens (including phenoxy) is 1. The number of rotatable bonds is 6. The van der Waals surface area contributed by atoms with Crippen molar-refractivity contribution in [3.05, 3.63) is 0 Å². The van der Waals surface area contributed by atoms with E-state index in [0.29, 0.717) is 6.10 Å². The quantitative estimate of drug-likeness (QED) is 0.790. The van der Waals surface area contributed by atoms with Gasteiger partial charge in [-0.15, -0.1) is 0 Å². The van der Waals surface area contributed by atoms with E-state index in [1.165, 1.54) is 37.9 Å². The molecule has 2 rings (SSSR count). The predicted molar refractivity (Wildman–Crippen MR) is 75.7 cm³/mol. The highest BCUT2D eigenvalue weighted by atomic mass is 32.2. The van der Waals surface area contributed by atoms with Crippen molar-refractivity contribution in [3.8, 4) is 0 Å². The van der Waals surface area contributed by atoms with Gasteiger partial charge in [0.15, 0.2) is 0 Å². The van der Waals surface area contributed by atoms with Gasteiger partial charge in [-0.2, -0.15) is 11.8 Å². The molecule has 2 nitrogen and oxygen atoms in total. The minimum atomic E-state index is 0.480. The van der Waals surface area contributed by atoms with Crippen LogP contribution in [0.25, 0.3) is 0 Å². The van der Waals surface area contributed by atoms with E-state index in [-0.39, 0.29) is 0 Å². The molecule has 1 N–H and O–H groups in total. The third kappa shape index (κ3) is 3.87. The fourth-order valence-electron chi connectivity index (χ4n) is 3.22. The molecule has 4 atom stereocenters. The summed E-state index contributed by atoms with van der Waals surface area (Å²) < 4.78 is 5.61. The molecule has 1 heterocycles. The van der Waals surface area contributed by atoms with Gasteiger partial charge in [0.1, 0.15) is 0 Å². The molecule has 3 heteroatoms. The summed E-state index contributed by atoms with van der Waals surface area (Å²) in [7, 11) is 0. The smallest absolute Gasteiger partial charge is 0.0666 e. The molecule has 0 bridgehead atoms. The molecule has 0 amide bonds. The number of hydrogen-bond donors (Lipinski definition) is 1. The summed E-state index contributed by atoms with van der Waals surface area (Å²) in [4.78, 5) is 0. The maximum Gasteiger partial charge on any atom is 0.0666 e. The van der Waals surface area contributed by atoms with Gasteiger partial charge < -0.3 is 10.1 Å². The van der Waals surface area contributed by atoms with E-state index in [9.17, 15) is 0 Å². The number of thioether (sulfide) groups is 1. The van der Waals surface area contributed by atoms with Crippen LogP contribution in [0.5, 0.6) is 0 Å². The summed E-state index contributed by atoms with van der Waals surface area (Å²) in [5.41, 5.74) is 0. The van der Waals surface area contributed by atoms with Crippen LogP contribution in [-0.4, -0.2) is 36.3 Å². The highest BCUT2D eigenvalue weighted by molar-refractivity contribution is 7.99. The van der Waals surface area contributed by atoms with E-state index < -0.39 is 0 Å². The van der Waals surface area contributed by atoms with Crippen molar-refractivity contribution in [2.24, 2.45) is 5.92 Å². The summed E-state index contributed by atoms with van der Waals surface area (Å²) in [6.45, 7) is 6.55. The van der Waals surface area contributed by atoms with Crippen LogP contribution in [-0.2, 0) is 4.74 Å². The molecule has 2 aliphatic rings. The van der Waals surface area contributed by atoms with Gasteiger partial charge in [-0.25, -0.2) is 0 Å². The Labute approximate surface area is 110 Å². The normalized spacial score (nSPS) is 37.8. The van der Waals surface area contributed by atoms with Gasteiger partial charge in [0.2, 0.25) is 0 Å². The average molecular weight is 257 g/mol. The van der Waals surface area contributed by atoms with Gasteiger partial charge in [-0.05, 0) is 50.8 Å². The van der Waals surface area contributed by atoms with E-state index in [4.69, 9.17) is 4.74 Å². The largest absolute Gasteiger partial charge is 0.377 e. The van der Waals surface area contributed by atoms with Crippen LogP contribution in [0.4, 0.5) is 0 Å². The van der Waals surface area contributed by atoms with E-state index in [2.05, 4.69) is 30.9 Å². The second-order valence-electron chi connectivity index (χ2n) is 5.42. The lowest BCUT2D eigenvalue weighted by molar-refractivity contribution is 0.127. The van der Waals surface area contributed by atoms with Crippen molar-refractivity contribution in [1.29, 1.82) is 0 Å². The first-order valence-corrected chi connectivity index (χ1v) is 8.32. The van der Waals surface area contributed by atoms with Crippen molar-refractivity contribution in [3.63, 3.8) is 0 Å². The summed E-state index contributed by atoms with van der Waals surface area (Å²) in [6, 6.07) is 0.804. The third-order valence-corrected chi connectivity index (χ3v) is 5.77. The van der Waals surface area contributed by atoms with Gasteiger partial charge in [0, 0.05) is 17.9 Å². The maximum absolute atomic E-state index is 5.61. The van der Waals surface area contributed by atoms with E-state index in [1.54, 1.807) is 0 Å². The minimum absolute atomic E-state index is 0.480. The highest BCUT2D eigenvalue weighted by Gasteiger charge is 2.28. The molecule has 4 unspecified atom stereocenters. The molecular weight excluding hydrogens is 230 g/mol. The van der Waals surface area contributed by atoms with Crippen molar-refractivity contribution >= 4 is 11.8 Å². The Bertz CT molecular complexity index is 224. The van der Waals surface area contributed by atoms with Crippen LogP contribution in [0.3, 0.4) is 0 Å². The maximum atomic E-state index is 5.61. The van der Waals surface area contributed by atoms with Crippen LogP contribution in [0, 0.1) is 5.92 Å². The molecule has 1 saturated heterocycles. The lowest BCUT2D eigenvalue weighted by Gasteiger charge is -2.21. The summed E-state index contributed by atoms with van der Waals surface area (Å²) in [6.07, 6.45) is 7.39. The lowest BCUT2D eigenvalue weighted by Crippen LogP contribution is -2.32. The highest BCUT2D eigenvalue weighted by Crippen LogP contribution is 2.32. The topological polar surface area (TPSA) is 21.3 Å². The molecule has 0 aromatic heterocycles. The SMILES string of the molecule is CCNC1CCCC1CCSC1CCOC1C. The molecule has 2 fully saturated rings. The zero-order valence-corrected chi connectivity index (χ0v) is 12.1. The second kappa shape index (κ2) is 7.01. The first-order valence-electron chi connectivity index (χ1n) is 7.28. The zero-order chi connectivity index (χ0) is 12.1. The number of hydrogen-bond acceptors (Lipinski definition) is 3. The zero-order valence-electron chi connectivity index (χ0n) is 11.3. The molecule has 0 aromatic carbocycles. The molecule has 100 valence electrons. The van der Waals surface area contributed by atoms with Crippen molar-refractivity contribution in [1.82, 2.24) is 5.32 Å². The van der Waals surface area contributed by atoms with Crippen LogP contribution in [0.1, 0.15) is 46.0 Å². The average Bonchev–Trinajstić information content (AvgIpc) is 2.90. The van der Waals surface area contributed by atoms with Crippen molar-refractivity contribution < 1.29 is 4.74 Å². The minimum Gasteiger partial charge on any atom is -0.377 e. The van der Waals surface area contributed by atoms with Gasteiger partial charge in [-0.3, -0.25) is 0 Å². The molecular formula is C14H27NOS. The monoisotopic (exact) mass is 257 g/mol. The van der Waals surface area contributed by atoms with E-state index in [1.807, 2.05) is 0 Å². The molecule has 0 aromatic rings. The lowest BCUT2D eigenvalue weighted by atomic mass is 10.0. The Morgan fingerprint density at radius 3 is 2.88 bits per heavy atom. The molecule has 0 radical (unpaired) electrons. The first kappa shape index (κ1) is 13.7. The third-order valence-electron chi connectivity index (χ3n) is 4.25. The van der Waals surface area contributed by atoms with Crippen LogP contribution >= 0.6 is 11.8 Å². The van der Waals surface area contributed by atoms with Crippen LogP contribution in [0.15, 0.2) is 0 Å². The molecule has 17 heavy (non-hydrogen) atoms. The van der Waals surface area contributed by atoms with Crippen LogP contribution in [0.2, 0.25) is 0 Å². The fraction of sp³-hybridized carbons (Fsp3) is 1.00. The van der Waals surface area contributed by atoms with Gasteiger partial charge in [-0.1, -0.05) is 13.3 Å². The Morgan fingerprint density at radius 1 is 1.29 bits per heavy atom. The Morgan fingerprint density at radius 2 is 2.18 bits per heavy atom.